The van der Waals surface area contributed by atoms with E-state index in [-0.39, 0.29) is 22.1 Å². The highest BCUT2D eigenvalue weighted by Gasteiger charge is 2.22. The first-order chi connectivity index (χ1) is 15.3. The van der Waals surface area contributed by atoms with Gasteiger partial charge >= 0.3 is 0 Å². The summed E-state index contributed by atoms with van der Waals surface area (Å²) in [6.45, 7) is 1.63. The predicted octanol–water partition coefficient (Wildman–Crippen LogP) is 5.44. The van der Waals surface area contributed by atoms with Gasteiger partial charge in [-0.3, -0.25) is 14.2 Å². The van der Waals surface area contributed by atoms with E-state index in [1.54, 1.807) is 55.5 Å². The van der Waals surface area contributed by atoms with Crippen LogP contribution in [0, 0.1) is 11.6 Å². The third-order valence-electron chi connectivity index (χ3n) is 4.68. The largest absolute Gasteiger partial charge is 0.324 e. The van der Waals surface area contributed by atoms with Crippen LogP contribution >= 0.6 is 23.4 Å². The Hall–Kier alpha value is -3.23. The van der Waals surface area contributed by atoms with Crippen molar-refractivity contribution in [3.8, 4) is 5.69 Å². The molecule has 32 heavy (non-hydrogen) atoms. The minimum Gasteiger partial charge on any atom is -0.324 e. The number of amides is 1. The molecule has 0 aliphatic heterocycles. The summed E-state index contributed by atoms with van der Waals surface area (Å²) in [6.07, 6.45) is 0. The molecule has 0 aliphatic rings. The van der Waals surface area contributed by atoms with Crippen LogP contribution in [-0.2, 0) is 4.79 Å². The maximum Gasteiger partial charge on any atom is 0.266 e. The number of rotatable bonds is 5. The number of carbonyl (C=O) groups is 1. The van der Waals surface area contributed by atoms with Gasteiger partial charge in [0.1, 0.15) is 11.6 Å². The van der Waals surface area contributed by atoms with Crippen LogP contribution in [0.2, 0.25) is 5.02 Å². The van der Waals surface area contributed by atoms with E-state index in [2.05, 4.69) is 10.3 Å². The van der Waals surface area contributed by atoms with Crippen molar-refractivity contribution in [3.05, 3.63) is 93.7 Å². The first-order valence-corrected chi connectivity index (χ1v) is 10.8. The van der Waals surface area contributed by atoms with E-state index in [1.807, 2.05) is 0 Å². The third kappa shape index (κ3) is 4.37. The Kier molecular flexibility index (Phi) is 6.25. The van der Waals surface area contributed by atoms with Crippen LogP contribution in [0.1, 0.15) is 6.92 Å². The van der Waals surface area contributed by atoms with Crippen LogP contribution in [0.5, 0.6) is 0 Å². The molecule has 1 aromatic heterocycles. The number of para-hydroxylation sites is 2. The van der Waals surface area contributed by atoms with Crippen molar-refractivity contribution in [2.24, 2.45) is 0 Å². The van der Waals surface area contributed by atoms with Crippen LogP contribution in [0.3, 0.4) is 0 Å². The molecule has 0 saturated heterocycles. The van der Waals surface area contributed by atoms with Crippen LogP contribution in [-0.4, -0.2) is 20.7 Å². The molecule has 5 nitrogen and oxygen atoms in total. The third-order valence-corrected chi connectivity index (χ3v) is 6.06. The Morgan fingerprint density at radius 1 is 1.09 bits per heavy atom. The minimum atomic E-state index is -0.917. The molecule has 1 unspecified atom stereocenters. The number of hydrogen-bond donors (Lipinski definition) is 1. The number of nitrogens with zero attached hydrogens (tertiary/aromatic N) is 2. The van der Waals surface area contributed by atoms with E-state index in [1.165, 1.54) is 6.07 Å². The lowest BCUT2D eigenvalue weighted by molar-refractivity contribution is -0.115. The minimum absolute atomic E-state index is 0.0982. The molecule has 162 valence electrons. The van der Waals surface area contributed by atoms with Crippen LogP contribution in [0.4, 0.5) is 14.5 Å². The highest BCUT2D eigenvalue weighted by atomic mass is 35.5. The van der Waals surface area contributed by atoms with Gasteiger partial charge in [-0.2, -0.15) is 0 Å². The van der Waals surface area contributed by atoms with E-state index in [9.17, 15) is 18.4 Å². The van der Waals surface area contributed by atoms with Crippen molar-refractivity contribution in [2.45, 2.75) is 17.3 Å². The lowest BCUT2D eigenvalue weighted by Crippen LogP contribution is -2.26. The summed E-state index contributed by atoms with van der Waals surface area (Å²) in [5.74, 6) is -2.06. The van der Waals surface area contributed by atoms with E-state index in [4.69, 9.17) is 11.6 Å². The van der Waals surface area contributed by atoms with Crippen molar-refractivity contribution in [1.82, 2.24) is 9.55 Å². The molecule has 1 N–H and O–H groups in total. The molecular weight excluding hydrogens is 456 g/mol. The molecule has 0 aliphatic carbocycles. The quantitative estimate of drug-likeness (QED) is 0.311. The Labute approximate surface area is 191 Å². The van der Waals surface area contributed by atoms with Gasteiger partial charge in [-0.05, 0) is 43.3 Å². The molecule has 0 spiro atoms. The number of hydrogen-bond acceptors (Lipinski definition) is 4. The van der Waals surface area contributed by atoms with Crippen molar-refractivity contribution >= 4 is 45.9 Å². The first kappa shape index (κ1) is 22.0. The van der Waals surface area contributed by atoms with Gasteiger partial charge in [0.15, 0.2) is 5.16 Å². The van der Waals surface area contributed by atoms with Crippen LogP contribution < -0.4 is 10.9 Å². The SMILES string of the molecule is CC(Sc1nc2ccccc2c(=O)n1-c1ccc(F)cc1F)C(=O)Nc1ccccc1Cl. The number of nitrogens with one attached hydrogen (secondary N) is 1. The second-order valence-corrected chi connectivity index (χ2v) is 8.59. The molecular formula is C23H16ClF2N3O2S. The second kappa shape index (κ2) is 9.10. The van der Waals surface area contributed by atoms with Crippen molar-refractivity contribution in [1.29, 1.82) is 0 Å². The highest BCUT2D eigenvalue weighted by molar-refractivity contribution is 8.00. The first-order valence-electron chi connectivity index (χ1n) is 9.54. The zero-order chi connectivity index (χ0) is 22.8. The van der Waals surface area contributed by atoms with Gasteiger partial charge in [-0.15, -0.1) is 0 Å². The molecule has 3 aromatic carbocycles. The number of halogens is 3. The molecule has 0 fully saturated rings. The number of thioether (sulfide) groups is 1. The standard InChI is InChI=1S/C23H16ClF2N3O2S/c1-13(21(30)27-19-9-5-3-7-16(19)24)32-23-28-18-8-4-2-6-15(18)22(31)29(23)20-11-10-14(25)12-17(20)26/h2-13H,1H3,(H,27,30). The smallest absolute Gasteiger partial charge is 0.266 e. The number of anilines is 1. The lowest BCUT2D eigenvalue weighted by Gasteiger charge is -2.17. The summed E-state index contributed by atoms with van der Waals surface area (Å²) in [5.41, 5.74) is 0.163. The van der Waals surface area contributed by atoms with E-state index in [0.717, 1.165) is 22.4 Å². The van der Waals surface area contributed by atoms with E-state index < -0.39 is 22.4 Å². The zero-order valence-corrected chi connectivity index (χ0v) is 18.3. The summed E-state index contributed by atoms with van der Waals surface area (Å²) < 4.78 is 29.1. The van der Waals surface area contributed by atoms with Gasteiger partial charge in [0.2, 0.25) is 5.91 Å². The van der Waals surface area contributed by atoms with Gasteiger partial charge < -0.3 is 5.32 Å². The number of carbonyl (C=O) groups excluding carboxylic acids is 1. The van der Waals surface area contributed by atoms with E-state index >= 15 is 0 Å². The zero-order valence-electron chi connectivity index (χ0n) is 16.7. The summed E-state index contributed by atoms with van der Waals surface area (Å²) in [7, 11) is 0. The number of fused-ring (bicyclic) bond motifs is 1. The van der Waals surface area contributed by atoms with Gasteiger partial charge in [-0.1, -0.05) is 47.6 Å². The van der Waals surface area contributed by atoms with Crippen molar-refractivity contribution < 1.29 is 13.6 Å². The molecule has 1 amide bonds. The molecule has 4 rings (SSSR count). The van der Waals surface area contributed by atoms with Gasteiger partial charge in [0.05, 0.1) is 32.6 Å². The second-order valence-electron chi connectivity index (χ2n) is 6.88. The van der Waals surface area contributed by atoms with Gasteiger partial charge in [-0.25, -0.2) is 13.8 Å². The lowest BCUT2D eigenvalue weighted by atomic mass is 10.2. The van der Waals surface area contributed by atoms with Gasteiger partial charge in [0.25, 0.3) is 5.56 Å². The Morgan fingerprint density at radius 2 is 1.81 bits per heavy atom. The fourth-order valence-corrected chi connectivity index (χ4v) is 4.18. The summed E-state index contributed by atoms with van der Waals surface area (Å²) in [6, 6.07) is 16.3. The summed E-state index contributed by atoms with van der Waals surface area (Å²) in [5, 5.41) is 2.77. The number of benzene rings is 3. The van der Waals surface area contributed by atoms with Gasteiger partial charge in [0, 0.05) is 6.07 Å². The molecule has 0 bridgehead atoms. The topological polar surface area (TPSA) is 64.0 Å². The maximum absolute atomic E-state index is 14.6. The predicted molar refractivity (Wildman–Crippen MR) is 123 cm³/mol. The summed E-state index contributed by atoms with van der Waals surface area (Å²) in [4.78, 5) is 30.4. The Balaban J connectivity index is 1.76. The average molecular weight is 472 g/mol. The van der Waals surface area contributed by atoms with Crippen LogP contribution in [0.15, 0.2) is 76.7 Å². The highest BCUT2D eigenvalue weighted by Crippen LogP contribution is 2.28. The molecule has 1 heterocycles. The normalized spacial score (nSPS) is 12.0. The van der Waals surface area contributed by atoms with Crippen LogP contribution in [0.25, 0.3) is 16.6 Å². The molecule has 1 atom stereocenters. The monoisotopic (exact) mass is 471 g/mol. The molecule has 9 heteroatoms. The van der Waals surface area contributed by atoms with Crippen molar-refractivity contribution in [2.75, 3.05) is 5.32 Å². The number of aromatic nitrogens is 2. The summed E-state index contributed by atoms with van der Waals surface area (Å²) >= 11 is 7.08. The average Bonchev–Trinajstić information content (AvgIpc) is 2.76. The Morgan fingerprint density at radius 3 is 2.56 bits per heavy atom. The fourth-order valence-electron chi connectivity index (χ4n) is 3.08. The molecule has 4 aromatic rings. The molecule has 0 radical (unpaired) electrons. The Bertz CT molecular complexity index is 1390. The maximum atomic E-state index is 14.6. The van der Waals surface area contributed by atoms with E-state index in [0.29, 0.717) is 22.3 Å². The molecule has 0 saturated carbocycles. The fraction of sp³-hybridized carbons (Fsp3) is 0.0870. The van der Waals surface area contributed by atoms with Crippen molar-refractivity contribution in [3.63, 3.8) is 0 Å².